The van der Waals surface area contributed by atoms with E-state index in [1.54, 1.807) is 0 Å². The highest BCUT2D eigenvalue weighted by Gasteiger charge is 2.11. The third-order valence-corrected chi connectivity index (χ3v) is 5.77. The molecule has 5 heteroatoms. The van der Waals surface area contributed by atoms with Gasteiger partial charge in [-0.25, -0.2) is 4.98 Å². The topological polar surface area (TPSA) is 50.3 Å². The van der Waals surface area contributed by atoms with Crippen LogP contribution in [0.15, 0.2) is 78.9 Å². The summed E-state index contributed by atoms with van der Waals surface area (Å²) in [6.45, 7) is 8.55. The summed E-state index contributed by atoms with van der Waals surface area (Å²) < 4.78 is 6.11. The average molecular weight is 441 g/mol. The molecular weight excluding hydrogens is 408 g/mol. The van der Waals surface area contributed by atoms with Crippen molar-refractivity contribution in [3.05, 3.63) is 84.4 Å². The van der Waals surface area contributed by atoms with E-state index in [1.807, 2.05) is 30.3 Å². The van der Waals surface area contributed by atoms with Gasteiger partial charge >= 0.3 is 0 Å². The first-order valence-electron chi connectivity index (χ1n) is 11.8. The quantitative estimate of drug-likeness (QED) is 0.319. The van der Waals surface area contributed by atoms with Gasteiger partial charge in [0, 0.05) is 30.9 Å². The van der Waals surface area contributed by atoms with Crippen LogP contribution >= 0.6 is 0 Å². The summed E-state index contributed by atoms with van der Waals surface area (Å²) in [7, 11) is 0. The van der Waals surface area contributed by atoms with Gasteiger partial charge in [0.1, 0.15) is 6.61 Å². The number of nitrogens with zero attached hydrogens (tertiary/aromatic N) is 3. The molecular formula is C28H32N4O. The van der Waals surface area contributed by atoms with Gasteiger partial charge < -0.3 is 15.0 Å². The van der Waals surface area contributed by atoms with Crippen LogP contribution in [0.25, 0.3) is 22.3 Å². The van der Waals surface area contributed by atoms with Gasteiger partial charge in [-0.15, -0.1) is 0 Å². The second kappa shape index (κ2) is 11.4. The predicted molar refractivity (Wildman–Crippen MR) is 137 cm³/mol. The van der Waals surface area contributed by atoms with Crippen LogP contribution in [-0.2, 0) is 6.42 Å². The Morgan fingerprint density at radius 3 is 2.27 bits per heavy atom. The molecule has 170 valence electrons. The molecule has 1 N–H and O–H groups in total. The number of hydrogen-bond donors (Lipinski definition) is 1. The molecule has 5 nitrogen and oxygen atoms in total. The molecule has 4 rings (SSSR count). The van der Waals surface area contributed by atoms with Crippen molar-refractivity contribution in [2.45, 2.75) is 20.3 Å². The summed E-state index contributed by atoms with van der Waals surface area (Å²) >= 11 is 0. The van der Waals surface area contributed by atoms with Crippen LogP contribution in [-0.4, -0.2) is 42.8 Å². The van der Waals surface area contributed by atoms with Crippen LogP contribution in [0.2, 0.25) is 0 Å². The van der Waals surface area contributed by atoms with Crippen molar-refractivity contribution in [3.63, 3.8) is 0 Å². The summed E-state index contributed by atoms with van der Waals surface area (Å²) in [4.78, 5) is 11.9. The van der Waals surface area contributed by atoms with Crippen LogP contribution in [0.4, 0.5) is 5.69 Å². The molecule has 0 unspecified atom stereocenters. The molecule has 3 aromatic carbocycles. The lowest BCUT2D eigenvalue weighted by atomic mass is 10.1. The zero-order valence-electron chi connectivity index (χ0n) is 19.5. The minimum absolute atomic E-state index is 0.552. The van der Waals surface area contributed by atoms with Crippen molar-refractivity contribution in [3.8, 4) is 17.3 Å². The zero-order chi connectivity index (χ0) is 22.9. The van der Waals surface area contributed by atoms with Gasteiger partial charge in [0.2, 0.25) is 5.88 Å². The van der Waals surface area contributed by atoms with E-state index >= 15 is 0 Å². The summed E-state index contributed by atoms with van der Waals surface area (Å²) in [5, 5.41) is 4.39. The highest BCUT2D eigenvalue weighted by Crippen LogP contribution is 2.27. The standard InChI is InChI=1S/C28H32N4O/c1-3-32(4-2)24-16-14-23(15-17-24)27-30-26-13-9-8-12-25(26)28(31-27)33-21-20-29-19-18-22-10-6-5-7-11-22/h5-17,29H,3-4,18-21H2,1-2H3. The Labute approximate surface area is 196 Å². The number of aromatic nitrogens is 2. The lowest BCUT2D eigenvalue weighted by Gasteiger charge is -2.21. The molecule has 0 radical (unpaired) electrons. The Bertz CT molecular complexity index is 1140. The van der Waals surface area contributed by atoms with Crippen LogP contribution in [0.5, 0.6) is 5.88 Å². The van der Waals surface area contributed by atoms with Crippen LogP contribution in [0.3, 0.4) is 0 Å². The third kappa shape index (κ3) is 5.88. The van der Waals surface area contributed by atoms with Crippen molar-refractivity contribution < 1.29 is 4.74 Å². The third-order valence-electron chi connectivity index (χ3n) is 5.77. The zero-order valence-corrected chi connectivity index (χ0v) is 19.5. The summed E-state index contributed by atoms with van der Waals surface area (Å²) in [5.74, 6) is 1.32. The number of anilines is 1. The van der Waals surface area contributed by atoms with Gasteiger partial charge in [-0.2, -0.15) is 4.98 Å². The number of para-hydroxylation sites is 1. The van der Waals surface area contributed by atoms with Gasteiger partial charge in [0.25, 0.3) is 0 Å². The van der Waals surface area contributed by atoms with Crippen LogP contribution < -0.4 is 15.0 Å². The van der Waals surface area contributed by atoms with Gasteiger partial charge in [-0.1, -0.05) is 42.5 Å². The predicted octanol–water partition coefficient (Wildman–Crippen LogP) is 5.35. The minimum atomic E-state index is 0.552. The van der Waals surface area contributed by atoms with Gasteiger partial charge in [0.15, 0.2) is 5.82 Å². The number of ether oxygens (including phenoxy) is 1. The fourth-order valence-electron chi connectivity index (χ4n) is 3.92. The molecule has 0 saturated carbocycles. The van der Waals surface area contributed by atoms with E-state index in [4.69, 9.17) is 14.7 Å². The average Bonchev–Trinajstić information content (AvgIpc) is 2.87. The number of benzene rings is 3. The largest absolute Gasteiger partial charge is 0.476 e. The fraction of sp³-hybridized carbons (Fsp3) is 0.286. The molecule has 0 fully saturated rings. The Kier molecular flexibility index (Phi) is 7.88. The minimum Gasteiger partial charge on any atom is -0.476 e. The SMILES string of the molecule is CCN(CC)c1ccc(-c2nc(OCCNCCc3ccccc3)c3ccccc3n2)cc1. The van der Waals surface area contributed by atoms with Crippen LogP contribution in [0.1, 0.15) is 19.4 Å². The summed E-state index contributed by atoms with van der Waals surface area (Å²) in [5.41, 5.74) is 4.43. The van der Waals surface area contributed by atoms with Gasteiger partial charge in [-0.05, 0) is 68.8 Å². The van der Waals surface area contributed by atoms with Gasteiger partial charge in [-0.3, -0.25) is 0 Å². The molecule has 0 amide bonds. The maximum Gasteiger partial charge on any atom is 0.225 e. The van der Waals surface area contributed by atoms with E-state index in [2.05, 4.69) is 72.6 Å². The van der Waals surface area contributed by atoms with Crippen LogP contribution in [0, 0.1) is 0 Å². The number of rotatable bonds is 11. The van der Waals surface area contributed by atoms with E-state index in [1.165, 1.54) is 11.3 Å². The normalized spacial score (nSPS) is 11.0. The molecule has 0 aliphatic rings. The van der Waals surface area contributed by atoms with E-state index in [0.29, 0.717) is 18.3 Å². The number of hydrogen-bond acceptors (Lipinski definition) is 5. The Morgan fingerprint density at radius 2 is 1.52 bits per heavy atom. The first kappa shape index (κ1) is 22.7. The van der Waals surface area contributed by atoms with E-state index in [0.717, 1.165) is 49.1 Å². The van der Waals surface area contributed by atoms with Crippen molar-refractivity contribution in [1.82, 2.24) is 15.3 Å². The second-order valence-corrected chi connectivity index (χ2v) is 7.92. The maximum absolute atomic E-state index is 6.11. The molecule has 0 atom stereocenters. The molecule has 0 bridgehead atoms. The lowest BCUT2D eigenvalue weighted by Crippen LogP contribution is -2.23. The van der Waals surface area contributed by atoms with Crippen molar-refractivity contribution in [2.24, 2.45) is 0 Å². The molecule has 4 aromatic rings. The molecule has 1 heterocycles. The van der Waals surface area contributed by atoms with Crippen molar-refractivity contribution >= 4 is 16.6 Å². The lowest BCUT2D eigenvalue weighted by molar-refractivity contribution is 0.307. The van der Waals surface area contributed by atoms with E-state index < -0.39 is 0 Å². The molecule has 0 aliphatic heterocycles. The van der Waals surface area contributed by atoms with Gasteiger partial charge in [0.05, 0.1) is 10.9 Å². The van der Waals surface area contributed by atoms with E-state index in [-0.39, 0.29) is 0 Å². The highest BCUT2D eigenvalue weighted by atomic mass is 16.5. The fourth-order valence-corrected chi connectivity index (χ4v) is 3.92. The molecule has 0 saturated heterocycles. The second-order valence-electron chi connectivity index (χ2n) is 7.92. The highest BCUT2D eigenvalue weighted by molar-refractivity contribution is 5.85. The first-order valence-corrected chi connectivity index (χ1v) is 11.8. The first-order chi connectivity index (χ1) is 16.3. The number of nitrogens with one attached hydrogen (secondary N) is 1. The summed E-state index contributed by atoms with van der Waals surface area (Å²) in [6.07, 6.45) is 1.00. The Morgan fingerprint density at radius 1 is 0.788 bits per heavy atom. The molecule has 33 heavy (non-hydrogen) atoms. The maximum atomic E-state index is 6.11. The van der Waals surface area contributed by atoms with E-state index in [9.17, 15) is 0 Å². The molecule has 0 spiro atoms. The van der Waals surface area contributed by atoms with Crippen molar-refractivity contribution in [1.29, 1.82) is 0 Å². The Hall–Kier alpha value is -3.44. The molecule has 1 aromatic heterocycles. The monoisotopic (exact) mass is 440 g/mol. The smallest absolute Gasteiger partial charge is 0.225 e. The number of fused-ring (bicyclic) bond motifs is 1. The van der Waals surface area contributed by atoms with Crippen molar-refractivity contribution in [2.75, 3.05) is 37.7 Å². The molecule has 0 aliphatic carbocycles. The Balaban J connectivity index is 1.43. The summed E-state index contributed by atoms with van der Waals surface area (Å²) in [6, 6.07) is 27.0.